The highest BCUT2D eigenvalue weighted by molar-refractivity contribution is 5.74. The number of rotatable bonds is 5. The molecule has 1 aliphatic heterocycles. The number of aliphatic hydroxyl groups excluding tert-OH is 1. The van der Waals surface area contributed by atoms with Crippen LogP contribution in [0.5, 0.6) is 0 Å². The van der Waals surface area contributed by atoms with Gasteiger partial charge in [-0.1, -0.05) is 30.3 Å². The van der Waals surface area contributed by atoms with Crippen LogP contribution < -0.4 is 16.0 Å². The fraction of sp³-hybridized carbons (Fsp3) is 0.611. The van der Waals surface area contributed by atoms with Crippen molar-refractivity contribution in [1.29, 1.82) is 0 Å². The quantitative estimate of drug-likeness (QED) is 0.667. The lowest BCUT2D eigenvalue weighted by Crippen LogP contribution is -2.54. The van der Waals surface area contributed by atoms with Gasteiger partial charge in [0.15, 0.2) is 0 Å². The van der Waals surface area contributed by atoms with Crippen molar-refractivity contribution in [3.63, 3.8) is 0 Å². The van der Waals surface area contributed by atoms with Gasteiger partial charge in [-0.05, 0) is 56.2 Å². The third-order valence-electron chi connectivity index (χ3n) is 5.14. The van der Waals surface area contributed by atoms with Crippen molar-refractivity contribution in [2.45, 2.75) is 44.4 Å². The van der Waals surface area contributed by atoms with E-state index in [4.69, 9.17) is 0 Å². The van der Waals surface area contributed by atoms with Crippen molar-refractivity contribution in [2.24, 2.45) is 11.8 Å². The molecule has 1 saturated carbocycles. The highest BCUT2D eigenvalue weighted by Crippen LogP contribution is 2.35. The second-order valence-electron chi connectivity index (χ2n) is 6.81. The molecule has 1 aromatic rings. The first kappa shape index (κ1) is 16.3. The molecule has 1 heterocycles. The number of hydrogen-bond acceptors (Lipinski definition) is 3. The molecule has 1 saturated heterocycles. The number of amides is 2. The molecule has 2 aliphatic rings. The van der Waals surface area contributed by atoms with Crippen molar-refractivity contribution < 1.29 is 9.90 Å². The number of aliphatic hydroxyl groups is 1. The Morgan fingerprint density at radius 3 is 2.52 bits per heavy atom. The number of urea groups is 1. The molecule has 4 N–H and O–H groups in total. The molecule has 126 valence electrons. The Kier molecular flexibility index (Phi) is 5.51. The van der Waals surface area contributed by atoms with Crippen LogP contribution in [-0.2, 0) is 6.54 Å². The molecule has 0 radical (unpaired) electrons. The van der Waals surface area contributed by atoms with E-state index in [1.165, 1.54) is 0 Å². The lowest BCUT2D eigenvalue weighted by atomic mass is 9.71. The lowest BCUT2D eigenvalue weighted by molar-refractivity contribution is 0.0116. The molecule has 2 fully saturated rings. The third kappa shape index (κ3) is 4.45. The Morgan fingerprint density at radius 2 is 1.87 bits per heavy atom. The van der Waals surface area contributed by atoms with Crippen LogP contribution >= 0.6 is 0 Å². The molecule has 1 aromatic carbocycles. The molecule has 1 aliphatic carbocycles. The van der Waals surface area contributed by atoms with Crippen LogP contribution in [0.4, 0.5) is 4.79 Å². The molecule has 3 rings (SSSR count). The minimum absolute atomic E-state index is 0.0984. The summed E-state index contributed by atoms with van der Waals surface area (Å²) in [5, 5.41) is 19.1. The lowest BCUT2D eigenvalue weighted by Gasteiger charge is -2.43. The van der Waals surface area contributed by atoms with Gasteiger partial charge >= 0.3 is 6.03 Å². The highest BCUT2D eigenvalue weighted by Gasteiger charge is 2.39. The van der Waals surface area contributed by atoms with Gasteiger partial charge in [-0.2, -0.15) is 0 Å². The van der Waals surface area contributed by atoms with Gasteiger partial charge in [-0.15, -0.1) is 0 Å². The van der Waals surface area contributed by atoms with E-state index in [0.29, 0.717) is 18.4 Å². The normalized spacial score (nSPS) is 26.1. The van der Waals surface area contributed by atoms with Gasteiger partial charge < -0.3 is 21.1 Å². The van der Waals surface area contributed by atoms with Crippen molar-refractivity contribution in [3.05, 3.63) is 35.9 Å². The summed E-state index contributed by atoms with van der Waals surface area (Å²) in [4.78, 5) is 12.3. The zero-order chi connectivity index (χ0) is 16.1. The van der Waals surface area contributed by atoms with Gasteiger partial charge in [-0.25, -0.2) is 4.79 Å². The van der Waals surface area contributed by atoms with Crippen molar-refractivity contribution in [3.8, 4) is 0 Å². The molecular weight excluding hydrogens is 290 g/mol. The number of piperidine rings is 1. The molecule has 5 heteroatoms. The Bertz CT molecular complexity index is 496. The average molecular weight is 317 g/mol. The first-order valence-corrected chi connectivity index (χ1v) is 8.69. The second-order valence-corrected chi connectivity index (χ2v) is 6.81. The summed E-state index contributed by atoms with van der Waals surface area (Å²) in [6.45, 7) is 2.58. The van der Waals surface area contributed by atoms with Crippen molar-refractivity contribution >= 4 is 6.03 Å². The summed E-state index contributed by atoms with van der Waals surface area (Å²) in [6, 6.07) is 10.0. The Balaban J connectivity index is 1.53. The van der Waals surface area contributed by atoms with E-state index in [2.05, 4.69) is 16.0 Å². The maximum atomic E-state index is 12.3. The van der Waals surface area contributed by atoms with E-state index >= 15 is 0 Å². The SMILES string of the molecule is O=C(NCc1ccccc1)N[C@H](C1CCNCC1)C1CC(O)C1. The summed E-state index contributed by atoms with van der Waals surface area (Å²) in [7, 11) is 0. The van der Waals surface area contributed by atoms with E-state index < -0.39 is 0 Å². The zero-order valence-electron chi connectivity index (χ0n) is 13.5. The molecule has 5 nitrogen and oxygen atoms in total. The average Bonchev–Trinajstić information content (AvgIpc) is 2.57. The largest absolute Gasteiger partial charge is 0.393 e. The molecular formula is C18H27N3O2. The first-order chi connectivity index (χ1) is 11.2. The number of benzene rings is 1. The summed E-state index contributed by atoms with van der Waals surface area (Å²) < 4.78 is 0. The number of hydrogen-bond donors (Lipinski definition) is 4. The van der Waals surface area contributed by atoms with Gasteiger partial charge in [0.25, 0.3) is 0 Å². The van der Waals surface area contributed by atoms with Gasteiger partial charge in [0.1, 0.15) is 0 Å². The molecule has 1 atom stereocenters. The third-order valence-corrected chi connectivity index (χ3v) is 5.14. The maximum absolute atomic E-state index is 12.3. The van der Waals surface area contributed by atoms with Gasteiger partial charge in [0.2, 0.25) is 0 Å². The minimum Gasteiger partial charge on any atom is -0.393 e. The van der Waals surface area contributed by atoms with E-state index in [1.54, 1.807) is 0 Å². The van der Waals surface area contributed by atoms with Crippen LogP contribution in [0.3, 0.4) is 0 Å². The fourth-order valence-corrected chi connectivity index (χ4v) is 3.73. The van der Waals surface area contributed by atoms with E-state index in [0.717, 1.165) is 44.3 Å². The van der Waals surface area contributed by atoms with Gasteiger partial charge in [-0.3, -0.25) is 0 Å². The Hall–Kier alpha value is -1.59. The number of carbonyl (C=O) groups is 1. The maximum Gasteiger partial charge on any atom is 0.315 e. The standard InChI is InChI=1S/C18H27N3O2/c22-16-10-15(11-16)17(14-6-8-19-9-7-14)21-18(23)20-12-13-4-2-1-3-5-13/h1-5,14-17,19,22H,6-12H2,(H2,20,21,23)/t15?,16?,17-/m1/s1. The summed E-state index contributed by atoms with van der Waals surface area (Å²) in [6.07, 6.45) is 3.63. The zero-order valence-corrected chi connectivity index (χ0v) is 13.5. The van der Waals surface area contributed by atoms with Crippen LogP contribution in [0.1, 0.15) is 31.2 Å². The second kappa shape index (κ2) is 7.79. The Labute approximate surface area is 137 Å². The van der Waals surface area contributed by atoms with E-state index in [-0.39, 0.29) is 18.2 Å². The van der Waals surface area contributed by atoms with Crippen LogP contribution in [-0.4, -0.2) is 36.4 Å². The molecule has 0 bridgehead atoms. The highest BCUT2D eigenvalue weighted by atomic mass is 16.3. The molecule has 0 aromatic heterocycles. The van der Waals surface area contributed by atoms with Crippen LogP contribution in [0.2, 0.25) is 0 Å². The van der Waals surface area contributed by atoms with Crippen LogP contribution in [0.25, 0.3) is 0 Å². The minimum atomic E-state index is -0.182. The molecule has 23 heavy (non-hydrogen) atoms. The van der Waals surface area contributed by atoms with Crippen molar-refractivity contribution in [1.82, 2.24) is 16.0 Å². The number of carbonyl (C=O) groups excluding carboxylic acids is 1. The van der Waals surface area contributed by atoms with Crippen LogP contribution in [0.15, 0.2) is 30.3 Å². The molecule has 0 unspecified atom stereocenters. The summed E-state index contributed by atoms with van der Waals surface area (Å²) in [5.41, 5.74) is 1.10. The van der Waals surface area contributed by atoms with E-state index in [1.807, 2.05) is 30.3 Å². The molecule has 2 amide bonds. The molecule has 0 spiro atoms. The summed E-state index contributed by atoms with van der Waals surface area (Å²) >= 11 is 0. The van der Waals surface area contributed by atoms with Crippen molar-refractivity contribution in [2.75, 3.05) is 13.1 Å². The topological polar surface area (TPSA) is 73.4 Å². The van der Waals surface area contributed by atoms with Gasteiger partial charge in [0.05, 0.1) is 6.10 Å². The van der Waals surface area contributed by atoms with Crippen LogP contribution in [0, 0.1) is 11.8 Å². The summed E-state index contributed by atoms with van der Waals surface area (Å²) in [5.74, 6) is 0.923. The predicted molar refractivity (Wildman–Crippen MR) is 89.9 cm³/mol. The predicted octanol–water partition coefficient (Wildman–Crippen LogP) is 1.62. The number of nitrogens with one attached hydrogen (secondary N) is 3. The monoisotopic (exact) mass is 317 g/mol. The first-order valence-electron chi connectivity index (χ1n) is 8.69. The smallest absolute Gasteiger partial charge is 0.315 e. The Morgan fingerprint density at radius 1 is 1.17 bits per heavy atom. The van der Waals surface area contributed by atoms with E-state index in [9.17, 15) is 9.90 Å². The fourth-order valence-electron chi connectivity index (χ4n) is 3.73. The van der Waals surface area contributed by atoms with Gasteiger partial charge in [0, 0.05) is 12.6 Å².